The SMILES string of the molecule is Cn1cnc(-c2nn(-c3ncccc3Cl)c(=O)c3cnc(Nc4ccc5c(c4)CNCC54CC4)nc23)c1. The van der Waals surface area contributed by atoms with Crippen molar-refractivity contribution in [2.75, 3.05) is 11.9 Å². The van der Waals surface area contributed by atoms with Crippen molar-refractivity contribution in [1.82, 2.24) is 39.6 Å². The maximum Gasteiger partial charge on any atom is 0.284 e. The molecule has 1 spiro atoms. The first-order valence-corrected chi connectivity index (χ1v) is 12.4. The first-order chi connectivity index (χ1) is 18.0. The first-order valence-electron chi connectivity index (χ1n) is 12.0. The highest BCUT2D eigenvalue weighted by molar-refractivity contribution is 6.32. The number of imidazole rings is 1. The summed E-state index contributed by atoms with van der Waals surface area (Å²) in [7, 11) is 1.86. The van der Waals surface area contributed by atoms with Crippen molar-refractivity contribution in [3.63, 3.8) is 0 Å². The summed E-state index contributed by atoms with van der Waals surface area (Å²) >= 11 is 6.34. The number of pyridine rings is 1. The van der Waals surface area contributed by atoms with Crippen molar-refractivity contribution >= 4 is 34.1 Å². The molecule has 0 atom stereocenters. The number of nitrogens with one attached hydrogen (secondary N) is 2. The Bertz CT molecular complexity index is 1760. The van der Waals surface area contributed by atoms with Gasteiger partial charge >= 0.3 is 0 Å². The van der Waals surface area contributed by atoms with Crippen LogP contribution < -0.4 is 16.2 Å². The van der Waals surface area contributed by atoms with Gasteiger partial charge in [-0.3, -0.25) is 4.79 Å². The number of aryl methyl sites for hydroxylation is 1. The second-order valence-corrected chi connectivity index (χ2v) is 10.0. The molecule has 2 N–H and O–H groups in total. The zero-order valence-corrected chi connectivity index (χ0v) is 20.7. The van der Waals surface area contributed by atoms with E-state index in [1.54, 1.807) is 29.2 Å². The molecule has 1 aromatic carbocycles. The number of hydrogen-bond acceptors (Lipinski definition) is 8. The number of halogens is 1. The summed E-state index contributed by atoms with van der Waals surface area (Å²) in [5.74, 6) is 0.593. The van der Waals surface area contributed by atoms with Crippen LogP contribution in [0.4, 0.5) is 11.6 Å². The number of fused-ring (bicyclic) bond motifs is 3. The largest absolute Gasteiger partial charge is 0.340 e. The Morgan fingerprint density at radius 1 is 1.16 bits per heavy atom. The van der Waals surface area contributed by atoms with E-state index in [-0.39, 0.29) is 11.2 Å². The molecule has 4 aromatic heterocycles. The minimum atomic E-state index is -0.420. The van der Waals surface area contributed by atoms with E-state index >= 15 is 0 Å². The summed E-state index contributed by atoms with van der Waals surface area (Å²) in [6, 6.07) is 9.78. The van der Waals surface area contributed by atoms with Gasteiger partial charge in [-0.2, -0.15) is 9.78 Å². The van der Waals surface area contributed by atoms with Crippen molar-refractivity contribution in [2.24, 2.45) is 7.05 Å². The fourth-order valence-corrected chi connectivity index (χ4v) is 5.26. The normalized spacial score (nSPS) is 15.6. The number of hydrogen-bond donors (Lipinski definition) is 2. The van der Waals surface area contributed by atoms with Crippen LogP contribution in [-0.4, -0.2) is 40.8 Å². The molecule has 0 saturated heterocycles. The van der Waals surface area contributed by atoms with Crippen LogP contribution >= 0.6 is 11.6 Å². The third-order valence-corrected chi connectivity index (χ3v) is 7.38. The second-order valence-electron chi connectivity index (χ2n) is 9.64. The third-order valence-electron chi connectivity index (χ3n) is 7.09. The van der Waals surface area contributed by atoms with E-state index < -0.39 is 5.56 Å². The van der Waals surface area contributed by atoms with Crippen LogP contribution in [0.15, 0.2) is 60.0 Å². The predicted molar refractivity (Wildman–Crippen MR) is 140 cm³/mol. The van der Waals surface area contributed by atoms with Gasteiger partial charge in [-0.25, -0.2) is 19.9 Å². The quantitative estimate of drug-likeness (QED) is 0.376. The Morgan fingerprint density at radius 3 is 2.84 bits per heavy atom. The van der Waals surface area contributed by atoms with Crippen molar-refractivity contribution in [2.45, 2.75) is 24.8 Å². The van der Waals surface area contributed by atoms with Gasteiger partial charge in [-0.15, -0.1) is 0 Å². The molecule has 0 radical (unpaired) electrons. The Labute approximate surface area is 216 Å². The van der Waals surface area contributed by atoms with Crippen LogP contribution in [0, 0.1) is 0 Å². The molecule has 5 aromatic rings. The predicted octanol–water partition coefficient (Wildman–Crippen LogP) is 3.50. The molecular formula is C26H22ClN9O. The molecule has 184 valence electrons. The average molecular weight is 512 g/mol. The van der Waals surface area contributed by atoms with Crippen molar-refractivity contribution in [3.05, 3.63) is 81.8 Å². The lowest BCUT2D eigenvalue weighted by Gasteiger charge is -2.26. The third kappa shape index (κ3) is 3.68. The van der Waals surface area contributed by atoms with E-state index in [0.717, 1.165) is 18.8 Å². The maximum absolute atomic E-state index is 13.4. The second kappa shape index (κ2) is 8.19. The molecule has 1 fully saturated rings. The summed E-state index contributed by atoms with van der Waals surface area (Å²) in [6.45, 7) is 1.89. The highest BCUT2D eigenvalue weighted by atomic mass is 35.5. The highest BCUT2D eigenvalue weighted by Gasteiger charge is 2.46. The van der Waals surface area contributed by atoms with Crippen LogP contribution in [0.25, 0.3) is 28.1 Å². The molecule has 1 saturated carbocycles. The maximum atomic E-state index is 13.4. The summed E-state index contributed by atoms with van der Waals surface area (Å²) in [5, 5.41) is 12.0. The summed E-state index contributed by atoms with van der Waals surface area (Å²) < 4.78 is 2.98. The van der Waals surface area contributed by atoms with Crippen LogP contribution in [0.1, 0.15) is 24.0 Å². The van der Waals surface area contributed by atoms with E-state index in [1.165, 1.54) is 34.8 Å². The number of benzene rings is 1. The number of rotatable bonds is 4. The van der Waals surface area contributed by atoms with Gasteiger partial charge in [-0.05, 0) is 48.2 Å². The monoisotopic (exact) mass is 511 g/mol. The summed E-state index contributed by atoms with van der Waals surface area (Å²) in [6.07, 6.45) is 9.02. The zero-order chi connectivity index (χ0) is 25.1. The molecule has 11 heteroatoms. The fraction of sp³-hybridized carbons (Fsp3) is 0.231. The molecule has 0 bridgehead atoms. The number of aromatic nitrogens is 7. The Morgan fingerprint density at radius 2 is 2.05 bits per heavy atom. The topological polar surface area (TPSA) is 115 Å². The molecule has 10 nitrogen and oxygen atoms in total. The van der Waals surface area contributed by atoms with Crippen LogP contribution in [-0.2, 0) is 19.0 Å². The van der Waals surface area contributed by atoms with Crippen molar-refractivity contribution in [1.29, 1.82) is 0 Å². The van der Waals surface area contributed by atoms with E-state index in [1.807, 2.05) is 13.2 Å². The molecule has 1 aliphatic heterocycles. The van der Waals surface area contributed by atoms with E-state index in [9.17, 15) is 4.79 Å². The van der Waals surface area contributed by atoms with Gasteiger partial charge in [-0.1, -0.05) is 17.7 Å². The van der Waals surface area contributed by atoms with Crippen LogP contribution in [0.5, 0.6) is 0 Å². The van der Waals surface area contributed by atoms with Crippen LogP contribution in [0.3, 0.4) is 0 Å². The standard InChI is InChI=1S/C26H22ClN9O/c1-35-12-20(31-14-35)22-21-17(24(37)36(34-22)23-19(27)3-2-8-29-23)11-30-25(33-21)32-16-4-5-18-15(9-16)10-28-13-26(18)6-7-26/h2-5,8-9,11-12,14,28H,6-7,10,13H2,1H3,(H,30,32,33). The van der Waals surface area contributed by atoms with Crippen LogP contribution in [0.2, 0.25) is 5.02 Å². The van der Waals surface area contributed by atoms with Gasteiger partial charge in [0.25, 0.3) is 5.56 Å². The lowest BCUT2D eigenvalue weighted by Crippen LogP contribution is -2.33. The van der Waals surface area contributed by atoms with Gasteiger partial charge in [0.1, 0.15) is 16.9 Å². The molecule has 7 rings (SSSR count). The van der Waals surface area contributed by atoms with Crippen molar-refractivity contribution < 1.29 is 0 Å². The molecule has 37 heavy (non-hydrogen) atoms. The Kier molecular flexibility index (Phi) is 4.89. The molecule has 0 unspecified atom stereocenters. The van der Waals surface area contributed by atoms with Gasteiger partial charge in [0.05, 0.1) is 16.7 Å². The van der Waals surface area contributed by atoms with Gasteiger partial charge in [0, 0.05) is 49.8 Å². The minimum Gasteiger partial charge on any atom is -0.340 e. The van der Waals surface area contributed by atoms with Gasteiger partial charge in [0.2, 0.25) is 5.95 Å². The van der Waals surface area contributed by atoms with E-state index in [2.05, 4.69) is 48.9 Å². The average Bonchev–Trinajstić information content (AvgIpc) is 3.54. The summed E-state index contributed by atoms with van der Waals surface area (Å²) in [5.41, 5.74) is 4.88. The Balaban J connectivity index is 1.35. The van der Waals surface area contributed by atoms with Crippen molar-refractivity contribution in [3.8, 4) is 17.2 Å². The van der Waals surface area contributed by atoms with Gasteiger partial charge in [0.15, 0.2) is 5.82 Å². The zero-order valence-electron chi connectivity index (χ0n) is 19.9. The minimum absolute atomic E-state index is 0.228. The number of anilines is 2. The lowest BCUT2D eigenvalue weighted by atomic mass is 9.88. The fourth-order valence-electron chi connectivity index (χ4n) is 5.06. The molecule has 2 aliphatic rings. The first kappa shape index (κ1) is 22.1. The molecule has 0 amide bonds. The highest BCUT2D eigenvalue weighted by Crippen LogP contribution is 2.50. The molecule has 1 aliphatic carbocycles. The smallest absolute Gasteiger partial charge is 0.284 e. The van der Waals surface area contributed by atoms with E-state index in [0.29, 0.717) is 33.3 Å². The molecule has 5 heterocycles. The van der Waals surface area contributed by atoms with Gasteiger partial charge < -0.3 is 15.2 Å². The lowest BCUT2D eigenvalue weighted by molar-refractivity contribution is 0.531. The van der Waals surface area contributed by atoms with E-state index in [4.69, 9.17) is 16.6 Å². The number of nitrogens with zero attached hydrogens (tertiary/aromatic N) is 7. The Hall–Kier alpha value is -4.15. The molecular weight excluding hydrogens is 490 g/mol. The summed E-state index contributed by atoms with van der Waals surface area (Å²) in [4.78, 5) is 31.3.